The number of aliphatic hydroxyl groups excluding tert-OH is 1. The number of hydrogen-bond donors (Lipinski definition) is 2. The van der Waals surface area contributed by atoms with Gasteiger partial charge in [-0.05, 0) is 32.4 Å². The molecule has 1 aliphatic rings. The monoisotopic (exact) mass is 406 g/mol. The van der Waals surface area contributed by atoms with Crippen molar-refractivity contribution in [1.82, 2.24) is 29.6 Å². The van der Waals surface area contributed by atoms with Crippen molar-refractivity contribution in [3.63, 3.8) is 0 Å². The quantitative estimate of drug-likeness (QED) is 0.368. The van der Waals surface area contributed by atoms with E-state index in [1.54, 1.807) is 50.8 Å². The number of H-pyrrole nitrogens is 1. The van der Waals surface area contributed by atoms with E-state index in [0.717, 1.165) is 0 Å². The van der Waals surface area contributed by atoms with E-state index < -0.39 is 17.7 Å². The van der Waals surface area contributed by atoms with Gasteiger partial charge in [-0.1, -0.05) is 6.07 Å². The number of ketones is 1. The Hall–Kier alpha value is -3.75. The number of rotatable bonds is 6. The molecule has 4 rings (SSSR count). The van der Waals surface area contributed by atoms with Crippen molar-refractivity contribution in [2.75, 3.05) is 6.54 Å². The molecule has 154 valence electrons. The van der Waals surface area contributed by atoms with E-state index in [1.165, 1.54) is 4.90 Å². The molecule has 2 N–H and O–H groups in total. The number of imidazole rings is 1. The topological polar surface area (TPSA) is 117 Å². The van der Waals surface area contributed by atoms with Crippen molar-refractivity contribution in [3.05, 3.63) is 71.3 Å². The van der Waals surface area contributed by atoms with Crippen LogP contribution in [0.5, 0.6) is 0 Å². The number of aromatic nitrogens is 5. The van der Waals surface area contributed by atoms with Gasteiger partial charge in [0, 0.05) is 37.4 Å². The lowest BCUT2D eigenvalue weighted by Crippen LogP contribution is -2.31. The van der Waals surface area contributed by atoms with Crippen molar-refractivity contribution in [2.45, 2.75) is 32.9 Å². The Bertz CT molecular complexity index is 1080. The smallest absolute Gasteiger partial charge is 0.295 e. The van der Waals surface area contributed by atoms with Crippen LogP contribution in [0, 0.1) is 13.8 Å². The predicted molar refractivity (Wildman–Crippen MR) is 108 cm³/mol. The first-order chi connectivity index (χ1) is 14.5. The summed E-state index contributed by atoms with van der Waals surface area (Å²) < 4.78 is 1.91. The van der Waals surface area contributed by atoms with Crippen LogP contribution in [0.4, 0.5) is 0 Å². The molecule has 0 unspecified atom stereocenters. The van der Waals surface area contributed by atoms with Crippen molar-refractivity contribution in [1.29, 1.82) is 0 Å². The number of aromatic amines is 1. The number of pyridine rings is 1. The standard InChI is InChI=1S/C21H22N6O3/c1-13-16(14(2)25-24-13)19(28)17-18(15-6-3-4-7-23-15)27(21(30)20(17)29)10-5-9-26-11-8-22-12-26/h3-4,6-8,11-12,18,28H,5,9-10H2,1-2H3,(H,24,25)/b19-17+/t18-/m1/s1. The van der Waals surface area contributed by atoms with Gasteiger partial charge in [0.25, 0.3) is 11.7 Å². The third-order valence-electron chi connectivity index (χ3n) is 5.25. The summed E-state index contributed by atoms with van der Waals surface area (Å²) in [6, 6.07) is 4.55. The summed E-state index contributed by atoms with van der Waals surface area (Å²) in [5, 5.41) is 18.0. The number of carbonyl (C=O) groups is 2. The molecule has 0 bridgehead atoms. The number of aliphatic hydroxyl groups is 1. The van der Waals surface area contributed by atoms with E-state index in [9.17, 15) is 14.7 Å². The van der Waals surface area contributed by atoms with Gasteiger partial charge in [-0.15, -0.1) is 0 Å². The minimum absolute atomic E-state index is 0.0360. The average molecular weight is 406 g/mol. The number of Topliss-reactive ketones (excluding diaryl/α,β-unsaturated/α-hetero) is 1. The van der Waals surface area contributed by atoms with Crippen LogP contribution in [0.3, 0.4) is 0 Å². The fraction of sp³-hybridized carbons (Fsp3) is 0.286. The minimum Gasteiger partial charge on any atom is -0.507 e. The molecule has 9 heteroatoms. The fourth-order valence-corrected chi connectivity index (χ4v) is 3.83. The molecular formula is C21H22N6O3. The highest BCUT2D eigenvalue weighted by Gasteiger charge is 2.46. The first kappa shape index (κ1) is 19.6. The van der Waals surface area contributed by atoms with Crippen LogP contribution in [0.1, 0.15) is 35.1 Å². The van der Waals surface area contributed by atoms with Crippen molar-refractivity contribution >= 4 is 17.4 Å². The lowest BCUT2D eigenvalue weighted by Gasteiger charge is -2.24. The van der Waals surface area contributed by atoms with E-state index >= 15 is 0 Å². The van der Waals surface area contributed by atoms with E-state index in [4.69, 9.17) is 0 Å². The zero-order chi connectivity index (χ0) is 21.3. The van der Waals surface area contributed by atoms with Crippen molar-refractivity contribution in [2.24, 2.45) is 0 Å². The Morgan fingerprint density at radius 2 is 2.03 bits per heavy atom. The number of amides is 1. The second-order valence-corrected chi connectivity index (χ2v) is 7.21. The largest absolute Gasteiger partial charge is 0.507 e. The highest BCUT2D eigenvalue weighted by molar-refractivity contribution is 6.46. The Morgan fingerprint density at radius 3 is 2.67 bits per heavy atom. The normalized spacial score (nSPS) is 18.3. The first-order valence-corrected chi connectivity index (χ1v) is 9.66. The molecule has 30 heavy (non-hydrogen) atoms. The van der Waals surface area contributed by atoms with Crippen LogP contribution in [0.25, 0.3) is 5.76 Å². The molecule has 3 aromatic rings. The summed E-state index contributed by atoms with van der Waals surface area (Å²) in [4.78, 5) is 35.7. The molecule has 1 atom stereocenters. The molecule has 9 nitrogen and oxygen atoms in total. The van der Waals surface area contributed by atoms with Gasteiger partial charge in [-0.2, -0.15) is 5.10 Å². The summed E-state index contributed by atoms with van der Waals surface area (Å²) in [5.74, 6) is -1.59. The average Bonchev–Trinajstić information content (AvgIpc) is 3.44. The van der Waals surface area contributed by atoms with Gasteiger partial charge in [-0.3, -0.25) is 19.7 Å². The third-order valence-corrected chi connectivity index (χ3v) is 5.25. The van der Waals surface area contributed by atoms with Crippen LogP contribution in [-0.2, 0) is 16.1 Å². The third kappa shape index (κ3) is 3.38. The van der Waals surface area contributed by atoms with Gasteiger partial charge in [-0.25, -0.2) is 4.98 Å². The lowest BCUT2D eigenvalue weighted by atomic mass is 9.97. The van der Waals surface area contributed by atoms with E-state index in [0.29, 0.717) is 42.2 Å². The van der Waals surface area contributed by atoms with Crippen LogP contribution in [0.15, 0.2) is 48.7 Å². The molecule has 1 amide bonds. The molecule has 0 saturated carbocycles. The SMILES string of the molecule is Cc1n[nH]c(C)c1/C(O)=C1\C(=O)C(=O)N(CCCn2ccnc2)[C@@H]1c1ccccn1. The van der Waals surface area contributed by atoms with E-state index in [-0.39, 0.29) is 11.3 Å². The Kier molecular flexibility index (Phi) is 5.18. The zero-order valence-electron chi connectivity index (χ0n) is 16.7. The molecule has 0 spiro atoms. The Morgan fingerprint density at radius 1 is 1.20 bits per heavy atom. The molecule has 4 heterocycles. The maximum Gasteiger partial charge on any atom is 0.295 e. The van der Waals surface area contributed by atoms with Gasteiger partial charge in [0.05, 0.1) is 28.9 Å². The predicted octanol–water partition coefficient (Wildman–Crippen LogP) is 2.13. The molecule has 3 aromatic heterocycles. The molecular weight excluding hydrogens is 384 g/mol. The number of aryl methyl sites for hydroxylation is 3. The molecule has 0 aliphatic carbocycles. The summed E-state index contributed by atoms with van der Waals surface area (Å²) in [5.41, 5.74) is 2.17. The first-order valence-electron chi connectivity index (χ1n) is 9.66. The lowest BCUT2D eigenvalue weighted by molar-refractivity contribution is -0.140. The van der Waals surface area contributed by atoms with Gasteiger partial charge >= 0.3 is 0 Å². The maximum atomic E-state index is 13.0. The van der Waals surface area contributed by atoms with Gasteiger partial charge in [0.1, 0.15) is 11.8 Å². The summed E-state index contributed by atoms with van der Waals surface area (Å²) >= 11 is 0. The van der Waals surface area contributed by atoms with Crippen LogP contribution in [-0.4, -0.2) is 53.0 Å². The number of hydrogen-bond acceptors (Lipinski definition) is 6. The number of likely N-dealkylation sites (tertiary alicyclic amines) is 1. The second kappa shape index (κ2) is 7.94. The second-order valence-electron chi connectivity index (χ2n) is 7.21. The molecule has 0 aromatic carbocycles. The van der Waals surface area contributed by atoms with Crippen molar-refractivity contribution < 1.29 is 14.7 Å². The van der Waals surface area contributed by atoms with E-state index in [1.807, 2.05) is 10.8 Å². The van der Waals surface area contributed by atoms with Gasteiger partial charge in [0.15, 0.2) is 0 Å². The van der Waals surface area contributed by atoms with Gasteiger partial charge in [0.2, 0.25) is 0 Å². The highest BCUT2D eigenvalue weighted by Crippen LogP contribution is 2.39. The Balaban J connectivity index is 1.74. The highest BCUT2D eigenvalue weighted by atomic mass is 16.3. The van der Waals surface area contributed by atoms with Gasteiger partial charge < -0.3 is 14.6 Å². The van der Waals surface area contributed by atoms with Crippen molar-refractivity contribution in [3.8, 4) is 0 Å². The number of nitrogens with zero attached hydrogens (tertiary/aromatic N) is 5. The van der Waals surface area contributed by atoms with E-state index in [2.05, 4.69) is 20.2 Å². The van der Waals surface area contributed by atoms with Crippen LogP contribution < -0.4 is 0 Å². The summed E-state index contributed by atoms with van der Waals surface area (Å²) in [6.45, 7) is 4.48. The number of carbonyl (C=O) groups excluding carboxylic acids is 2. The fourth-order valence-electron chi connectivity index (χ4n) is 3.83. The summed E-state index contributed by atoms with van der Waals surface area (Å²) in [6.07, 6.45) is 7.46. The zero-order valence-corrected chi connectivity index (χ0v) is 16.7. The molecule has 0 radical (unpaired) electrons. The maximum absolute atomic E-state index is 13.0. The Labute approximate surface area is 173 Å². The minimum atomic E-state index is -0.761. The molecule has 1 fully saturated rings. The van der Waals surface area contributed by atoms with Crippen LogP contribution >= 0.6 is 0 Å². The van der Waals surface area contributed by atoms with Crippen LogP contribution in [0.2, 0.25) is 0 Å². The number of nitrogens with one attached hydrogen (secondary N) is 1. The molecule has 1 saturated heterocycles. The molecule has 1 aliphatic heterocycles. The summed E-state index contributed by atoms with van der Waals surface area (Å²) in [7, 11) is 0.